The summed E-state index contributed by atoms with van der Waals surface area (Å²) in [5.74, 6) is 0.604. The summed E-state index contributed by atoms with van der Waals surface area (Å²) in [6, 6.07) is 7.84. The van der Waals surface area contributed by atoms with E-state index in [0.717, 1.165) is 24.2 Å². The maximum absolute atomic E-state index is 12.1. The Kier molecular flexibility index (Phi) is 7.60. The van der Waals surface area contributed by atoms with E-state index in [9.17, 15) is 4.79 Å². The van der Waals surface area contributed by atoms with E-state index >= 15 is 0 Å². The van der Waals surface area contributed by atoms with Crippen LogP contribution >= 0.6 is 0 Å². The summed E-state index contributed by atoms with van der Waals surface area (Å²) < 4.78 is 10.4. The van der Waals surface area contributed by atoms with Crippen molar-refractivity contribution < 1.29 is 14.3 Å². The van der Waals surface area contributed by atoms with Crippen molar-refractivity contribution in [2.24, 2.45) is 0 Å². The molecular formula is C20H28O3. The van der Waals surface area contributed by atoms with Crippen molar-refractivity contribution in [3.05, 3.63) is 54.1 Å². The number of hydrogen-bond donors (Lipinski definition) is 0. The van der Waals surface area contributed by atoms with E-state index in [4.69, 9.17) is 9.47 Å². The van der Waals surface area contributed by atoms with Crippen LogP contribution in [0.3, 0.4) is 0 Å². The van der Waals surface area contributed by atoms with Crippen molar-refractivity contribution in [1.82, 2.24) is 0 Å². The SMILES string of the molecule is C=CC(CCC=C(C)C)(CC(=O)OCC)c1ccc(OC)cc1. The second-order valence-corrected chi connectivity index (χ2v) is 5.89. The van der Waals surface area contributed by atoms with E-state index in [1.54, 1.807) is 7.11 Å². The van der Waals surface area contributed by atoms with Crippen molar-refractivity contribution in [3.8, 4) is 5.75 Å². The number of carbonyl (C=O) groups is 1. The van der Waals surface area contributed by atoms with Crippen LogP contribution in [0.4, 0.5) is 0 Å². The molecule has 23 heavy (non-hydrogen) atoms. The fourth-order valence-corrected chi connectivity index (χ4v) is 2.64. The Morgan fingerprint density at radius 1 is 1.26 bits per heavy atom. The predicted molar refractivity (Wildman–Crippen MR) is 94.8 cm³/mol. The molecule has 3 nitrogen and oxygen atoms in total. The van der Waals surface area contributed by atoms with Crippen LogP contribution in [0.2, 0.25) is 0 Å². The van der Waals surface area contributed by atoms with Gasteiger partial charge in [0.2, 0.25) is 0 Å². The fourth-order valence-electron chi connectivity index (χ4n) is 2.64. The van der Waals surface area contributed by atoms with Crippen LogP contribution in [-0.4, -0.2) is 19.7 Å². The lowest BCUT2D eigenvalue weighted by molar-refractivity contribution is -0.144. The highest BCUT2D eigenvalue weighted by molar-refractivity contribution is 5.72. The Labute approximate surface area is 140 Å². The zero-order valence-electron chi connectivity index (χ0n) is 14.7. The van der Waals surface area contributed by atoms with Gasteiger partial charge in [0.15, 0.2) is 0 Å². The molecule has 0 saturated carbocycles. The van der Waals surface area contributed by atoms with Crippen LogP contribution in [0.5, 0.6) is 5.75 Å². The molecule has 0 N–H and O–H groups in total. The fraction of sp³-hybridized carbons (Fsp3) is 0.450. The van der Waals surface area contributed by atoms with Crippen LogP contribution in [0, 0.1) is 0 Å². The van der Waals surface area contributed by atoms with E-state index in [1.807, 2.05) is 37.3 Å². The Bertz CT molecular complexity index is 539. The molecule has 0 fully saturated rings. The zero-order chi connectivity index (χ0) is 17.3. The lowest BCUT2D eigenvalue weighted by Crippen LogP contribution is -2.28. The van der Waals surface area contributed by atoms with Gasteiger partial charge in [0.05, 0.1) is 20.1 Å². The van der Waals surface area contributed by atoms with Crippen molar-refractivity contribution in [1.29, 1.82) is 0 Å². The highest BCUT2D eigenvalue weighted by Crippen LogP contribution is 2.36. The lowest BCUT2D eigenvalue weighted by atomic mass is 9.74. The van der Waals surface area contributed by atoms with Crippen molar-refractivity contribution in [2.45, 2.75) is 45.4 Å². The molecule has 1 aromatic carbocycles. The molecule has 0 saturated heterocycles. The molecule has 0 aliphatic heterocycles. The third-order valence-corrected chi connectivity index (χ3v) is 3.96. The van der Waals surface area contributed by atoms with Gasteiger partial charge < -0.3 is 9.47 Å². The summed E-state index contributed by atoms with van der Waals surface area (Å²) in [7, 11) is 1.64. The molecule has 0 aliphatic rings. The van der Waals surface area contributed by atoms with Crippen molar-refractivity contribution in [3.63, 3.8) is 0 Å². The van der Waals surface area contributed by atoms with E-state index < -0.39 is 5.41 Å². The van der Waals surface area contributed by atoms with E-state index in [0.29, 0.717) is 13.0 Å². The average molecular weight is 316 g/mol. The smallest absolute Gasteiger partial charge is 0.306 e. The maximum atomic E-state index is 12.1. The Hall–Kier alpha value is -2.03. The molecule has 1 atom stereocenters. The molecule has 0 radical (unpaired) electrons. The standard InChI is InChI=1S/C20H28O3/c1-6-20(14-8-9-16(3)4,15-19(21)23-7-2)17-10-12-18(22-5)13-11-17/h6,9-13H,1,7-8,14-15H2,2-5H3. The van der Waals surface area contributed by atoms with Gasteiger partial charge in [-0.3, -0.25) is 4.79 Å². The quantitative estimate of drug-likeness (QED) is 0.484. The van der Waals surface area contributed by atoms with Crippen molar-refractivity contribution >= 4 is 5.97 Å². The number of ether oxygens (including phenoxy) is 2. The molecule has 0 aliphatic carbocycles. The highest BCUT2D eigenvalue weighted by atomic mass is 16.5. The molecule has 0 spiro atoms. The second kappa shape index (κ2) is 9.19. The number of rotatable bonds is 9. The highest BCUT2D eigenvalue weighted by Gasteiger charge is 2.31. The van der Waals surface area contributed by atoms with Gasteiger partial charge in [-0.2, -0.15) is 0 Å². The van der Waals surface area contributed by atoms with Gasteiger partial charge in [0.1, 0.15) is 5.75 Å². The Morgan fingerprint density at radius 2 is 1.91 bits per heavy atom. The minimum absolute atomic E-state index is 0.194. The van der Waals surface area contributed by atoms with E-state index in [1.165, 1.54) is 5.57 Å². The number of allylic oxidation sites excluding steroid dienone is 3. The van der Waals surface area contributed by atoms with Gasteiger partial charge in [0, 0.05) is 5.41 Å². The van der Waals surface area contributed by atoms with Crippen LogP contribution in [0.15, 0.2) is 48.6 Å². The van der Waals surface area contributed by atoms with E-state index in [2.05, 4.69) is 26.5 Å². The number of benzene rings is 1. The molecule has 0 aromatic heterocycles. The van der Waals surface area contributed by atoms with E-state index in [-0.39, 0.29) is 5.97 Å². The summed E-state index contributed by atoms with van der Waals surface area (Å²) in [6.45, 7) is 10.4. The first-order valence-electron chi connectivity index (χ1n) is 8.04. The average Bonchev–Trinajstić information content (AvgIpc) is 2.54. The van der Waals surface area contributed by atoms with Crippen LogP contribution in [0.25, 0.3) is 0 Å². The normalized spacial score (nSPS) is 12.9. The van der Waals surface area contributed by atoms with Gasteiger partial charge in [-0.1, -0.05) is 29.9 Å². The molecule has 0 amide bonds. The topological polar surface area (TPSA) is 35.5 Å². The molecule has 1 rings (SSSR count). The monoisotopic (exact) mass is 316 g/mol. The second-order valence-electron chi connectivity index (χ2n) is 5.89. The van der Waals surface area contributed by atoms with Crippen molar-refractivity contribution in [2.75, 3.05) is 13.7 Å². The number of methoxy groups -OCH3 is 1. The zero-order valence-corrected chi connectivity index (χ0v) is 14.7. The Balaban J connectivity index is 3.11. The molecule has 1 aromatic rings. The number of esters is 1. The molecule has 126 valence electrons. The van der Waals surface area contributed by atoms with Gasteiger partial charge in [-0.15, -0.1) is 6.58 Å². The Morgan fingerprint density at radius 3 is 2.39 bits per heavy atom. The number of carbonyl (C=O) groups excluding carboxylic acids is 1. The minimum atomic E-state index is -0.426. The summed E-state index contributed by atoms with van der Waals surface area (Å²) in [6.07, 6.45) is 6.07. The molecule has 0 bridgehead atoms. The third-order valence-electron chi connectivity index (χ3n) is 3.96. The van der Waals surface area contributed by atoms with Gasteiger partial charge in [-0.05, 0) is 51.3 Å². The summed E-state index contributed by atoms with van der Waals surface area (Å²) in [4.78, 5) is 12.1. The summed E-state index contributed by atoms with van der Waals surface area (Å²) >= 11 is 0. The number of hydrogen-bond acceptors (Lipinski definition) is 3. The molecular weight excluding hydrogens is 288 g/mol. The van der Waals surface area contributed by atoms with Crippen LogP contribution < -0.4 is 4.74 Å². The molecule has 0 heterocycles. The van der Waals surface area contributed by atoms with Crippen LogP contribution in [-0.2, 0) is 14.9 Å². The lowest BCUT2D eigenvalue weighted by Gasteiger charge is -2.30. The summed E-state index contributed by atoms with van der Waals surface area (Å²) in [5, 5.41) is 0. The van der Waals surface area contributed by atoms with Gasteiger partial charge >= 0.3 is 5.97 Å². The van der Waals surface area contributed by atoms with Gasteiger partial charge in [0.25, 0.3) is 0 Å². The van der Waals surface area contributed by atoms with Gasteiger partial charge in [-0.25, -0.2) is 0 Å². The first-order chi connectivity index (χ1) is 11.0. The largest absolute Gasteiger partial charge is 0.497 e. The molecule has 3 heteroatoms. The first kappa shape index (κ1) is 19.0. The third kappa shape index (κ3) is 5.59. The maximum Gasteiger partial charge on any atom is 0.306 e. The minimum Gasteiger partial charge on any atom is -0.497 e. The molecule has 1 unspecified atom stereocenters. The predicted octanol–water partition coefficient (Wildman–Crippen LogP) is 4.82. The summed E-state index contributed by atoms with van der Waals surface area (Å²) in [5.41, 5.74) is 1.90. The van der Waals surface area contributed by atoms with Crippen LogP contribution in [0.1, 0.15) is 45.6 Å². The first-order valence-corrected chi connectivity index (χ1v) is 8.04.